The van der Waals surface area contributed by atoms with Gasteiger partial charge in [0.2, 0.25) is 0 Å². The van der Waals surface area contributed by atoms with Gasteiger partial charge in [0.25, 0.3) is 0 Å². The van der Waals surface area contributed by atoms with Crippen molar-refractivity contribution in [2.24, 2.45) is 0 Å². The van der Waals surface area contributed by atoms with E-state index >= 15 is 0 Å². The molecule has 2 heteroatoms. The molecule has 0 saturated heterocycles. The molecule has 3 N–H and O–H groups in total. The van der Waals surface area contributed by atoms with Gasteiger partial charge >= 0.3 is 0 Å². The first-order valence-electron chi connectivity index (χ1n) is 5.15. The van der Waals surface area contributed by atoms with E-state index in [1.165, 1.54) is 16.7 Å². The van der Waals surface area contributed by atoms with Crippen molar-refractivity contribution in [1.29, 1.82) is 0 Å². The van der Waals surface area contributed by atoms with Crippen LogP contribution in [0.5, 0.6) is 5.75 Å². The zero-order valence-electron chi connectivity index (χ0n) is 9.39. The molecule has 0 bridgehead atoms. The van der Waals surface area contributed by atoms with Crippen LogP contribution in [-0.2, 0) is 0 Å². The molecule has 1 aromatic rings. The largest absolute Gasteiger partial charge is 0.493 e. The molecule has 78 valence electrons. The van der Waals surface area contributed by atoms with Crippen LogP contribution in [0.15, 0.2) is 12.1 Å². The summed E-state index contributed by atoms with van der Waals surface area (Å²) < 4.78 is 5.70. The fourth-order valence-corrected chi connectivity index (χ4v) is 1.43. The maximum absolute atomic E-state index is 5.70. The summed E-state index contributed by atoms with van der Waals surface area (Å²) in [5, 5.41) is 0. The van der Waals surface area contributed by atoms with Crippen molar-refractivity contribution < 1.29 is 10.5 Å². The minimum Gasteiger partial charge on any atom is -0.493 e. The van der Waals surface area contributed by atoms with Gasteiger partial charge in [0.15, 0.2) is 0 Å². The van der Waals surface area contributed by atoms with E-state index in [0.717, 1.165) is 25.3 Å². The predicted molar refractivity (Wildman–Crippen MR) is 58.5 cm³/mol. The van der Waals surface area contributed by atoms with E-state index < -0.39 is 0 Å². The number of ether oxygens (including phenoxy) is 1. The smallest absolute Gasteiger partial charge is 0.122 e. The Morgan fingerprint density at radius 2 is 1.93 bits per heavy atom. The van der Waals surface area contributed by atoms with Gasteiger partial charge in [0.1, 0.15) is 5.75 Å². The molecular formula is C12H20NO+. The normalized spacial score (nSPS) is 10.3. The zero-order valence-corrected chi connectivity index (χ0v) is 9.39. The lowest BCUT2D eigenvalue weighted by molar-refractivity contribution is -0.368. The lowest BCUT2D eigenvalue weighted by Gasteiger charge is -2.11. The van der Waals surface area contributed by atoms with Crippen LogP contribution in [0.4, 0.5) is 0 Å². The van der Waals surface area contributed by atoms with E-state index in [-0.39, 0.29) is 0 Å². The highest BCUT2D eigenvalue weighted by molar-refractivity contribution is 5.41. The molecule has 0 fully saturated rings. The number of hydrogen-bond donors (Lipinski definition) is 1. The third-order valence-corrected chi connectivity index (χ3v) is 2.42. The summed E-state index contributed by atoms with van der Waals surface area (Å²) in [4.78, 5) is 0. The third kappa shape index (κ3) is 2.74. The summed E-state index contributed by atoms with van der Waals surface area (Å²) in [6.07, 6.45) is 1.02. The SMILES string of the molecule is Cc1cc(C)c(C)c(OCCC[NH3+])c1. The number of hydrogen-bond acceptors (Lipinski definition) is 1. The second kappa shape index (κ2) is 5.01. The van der Waals surface area contributed by atoms with E-state index in [9.17, 15) is 0 Å². The van der Waals surface area contributed by atoms with Crippen molar-refractivity contribution in [1.82, 2.24) is 0 Å². The molecule has 0 aromatic heterocycles. The topological polar surface area (TPSA) is 36.9 Å². The van der Waals surface area contributed by atoms with Gasteiger partial charge in [-0.2, -0.15) is 0 Å². The van der Waals surface area contributed by atoms with Gasteiger partial charge in [0, 0.05) is 6.42 Å². The number of rotatable bonds is 4. The number of aryl methyl sites for hydroxylation is 2. The molecule has 1 aromatic carbocycles. The Bertz CT molecular complexity index is 307. The first kappa shape index (κ1) is 11.1. The average Bonchev–Trinajstić information content (AvgIpc) is 2.13. The summed E-state index contributed by atoms with van der Waals surface area (Å²) in [6, 6.07) is 4.29. The van der Waals surface area contributed by atoms with Crippen LogP contribution in [0.2, 0.25) is 0 Å². The fraction of sp³-hybridized carbons (Fsp3) is 0.500. The van der Waals surface area contributed by atoms with Gasteiger partial charge < -0.3 is 10.5 Å². The Morgan fingerprint density at radius 1 is 1.21 bits per heavy atom. The summed E-state index contributed by atoms with van der Waals surface area (Å²) >= 11 is 0. The molecule has 14 heavy (non-hydrogen) atoms. The van der Waals surface area contributed by atoms with Crippen LogP contribution >= 0.6 is 0 Å². The molecule has 0 radical (unpaired) electrons. The molecule has 0 atom stereocenters. The van der Waals surface area contributed by atoms with Crippen molar-refractivity contribution >= 4 is 0 Å². The summed E-state index contributed by atoms with van der Waals surface area (Å²) in [7, 11) is 0. The summed E-state index contributed by atoms with van der Waals surface area (Å²) in [5.41, 5.74) is 7.61. The van der Waals surface area contributed by atoms with Gasteiger partial charge in [-0.1, -0.05) is 6.07 Å². The highest BCUT2D eigenvalue weighted by Gasteiger charge is 2.03. The van der Waals surface area contributed by atoms with Crippen molar-refractivity contribution in [3.63, 3.8) is 0 Å². The van der Waals surface area contributed by atoms with E-state index in [1.54, 1.807) is 0 Å². The second-order valence-electron chi connectivity index (χ2n) is 3.76. The van der Waals surface area contributed by atoms with E-state index in [2.05, 4.69) is 38.6 Å². The molecule has 0 saturated carbocycles. The zero-order chi connectivity index (χ0) is 10.6. The van der Waals surface area contributed by atoms with Gasteiger partial charge in [0.05, 0.1) is 13.2 Å². The monoisotopic (exact) mass is 194 g/mol. The van der Waals surface area contributed by atoms with Crippen LogP contribution in [0.25, 0.3) is 0 Å². The van der Waals surface area contributed by atoms with Crippen molar-refractivity contribution in [2.75, 3.05) is 13.2 Å². The minimum absolute atomic E-state index is 0.771. The fourth-order valence-electron chi connectivity index (χ4n) is 1.43. The molecule has 0 aliphatic heterocycles. The van der Waals surface area contributed by atoms with Crippen molar-refractivity contribution in [2.45, 2.75) is 27.2 Å². The molecule has 0 aliphatic rings. The summed E-state index contributed by atoms with van der Waals surface area (Å²) in [6.45, 7) is 8.03. The van der Waals surface area contributed by atoms with Gasteiger partial charge in [-0.3, -0.25) is 0 Å². The van der Waals surface area contributed by atoms with Crippen LogP contribution in [0, 0.1) is 20.8 Å². The second-order valence-corrected chi connectivity index (χ2v) is 3.76. The average molecular weight is 194 g/mol. The molecule has 0 spiro atoms. The highest BCUT2D eigenvalue weighted by Crippen LogP contribution is 2.23. The maximum Gasteiger partial charge on any atom is 0.122 e. The van der Waals surface area contributed by atoms with Crippen molar-refractivity contribution in [3.05, 3.63) is 28.8 Å². The Labute approximate surface area is 86.1 Å². The molecular weight excluding hydrogens is 174 g/mol. The third-order valence-electron chi connectivity index (χ3n) is 2.42. The predicted octanol–water partition coefficient (Wildman–Crippen LogP) is 1.62. The Kier molecular flexibility index (Phi) is 3.96. The molecule has 0 unspecified atom stereocenters. The van der Waals surface area contributed by atoms with Gasteiger partial charge in [-0.15, -0.1) is 0 Å². The van der Waals surface area contributed by atoms with Gasteiger partial charge in [-0.05, 0) is 43.5 Å². The summed E-state index contributed by atoms with van der Waals surface area (Å²) in [5.74, 6) is 1.02. The van der Waals surface area contributed by atoms with Crippen LogP contribution < -0.4 is 10.5 Å². The van der Waals surface area contributed by atoms with E-state index in [1.807, 2.05) is 0 Å². The lowest BCUT2D eigenvalue weighted by Crippen LogP contribution is -2.50. The lowest BCUT2D eigenvalue weighted by atomic mass is 10.1. The van der Waals surface area contributed by atoms with Crippen molar-refractivity contribution in [3.8, 4) is 5.75 Å². The maximum atomic E-state index is 5.70. The first-order valence-corrected chi connectivity index (χ1v) is 5.15. The highest BCUT2D eigenvalue weighted by atomic mass is 16.5. The van der Waals surface area contributed by atoms with E-state index in [4.69, 9.17) is 4.74 Å². The van der Waals surface area contributed by atoms with Crippen LogP contribution in [-0.4, -0.2) is 13.2 Å². The molecule has 0 heterocycles. The standard InChI is InChI=1S/C12H19NO/c1-9-7-10(2)11(3)12(8-9)14-6-4-5-13/h7-8H,4-6,13H2,1-3H3/p+1. The van der Waals surface area contributed by atoms with Crippen LogP contribution in [0.1, 0.15) is 23.1 Å². The number of benzene rings is 1. The van der Waals surface area contributed by atoms with Gasteiger partial charge in [-0.25, -0.2) is 0 Å². The Balaban J connectivity index is 2.75. The minimum atomic E-state index is 0.771. The number of quaternary nitrogens is 1. The Morgan fingerprint density at radius 3 is 2.57 bits per heavy atom. The molecule has 0 aliphatic carbocycles. The quantitative estimate of drug-likeness (QED) is 0.727. The first-order chi connectivity index (χ1) is 6.65. The molecule has 0 amide bonds. The Hall–Kier alpha value is -1.02. The molecule has 1 rings (SSSR count). The van der Waals surface area contributed by atoms with E-state index in [0.29, 0.717) is 0 Å². The molecule has 2 nitrogen and oxygen atoms in total. The van der Waals surface area contributed by atoms with Crippen LogP contribution in [0.3, 0.4) is 0 Å².